The van der Waals surface area contributed by atoms with Crippen LogP contribution in [0.2, 0.25) is 0 Å². The van der Waals surface area contributed by atoms with E-state index in [1.807, 2.05) is 66.4 Å². The van der Waals surface area contributed by atoms with Crippen LogP contribution in [0.5, 0.6) is 0 Å². The molecule has 2 aromatic rings. The van der Waals surface area contributed by atoms with Crippen LogP contribution in [0.4, 0.5) is 0 Å². The number of nitrogens with zero attached hydrogens (tertiary/aromatic N) is 1. The summed E-state index contributed by atoms with van der Waals surface area (Å²) in [6, 6.07) is 17.7. The lowest BCUT2D eigenvalue weighted by Gasteiger charge is -2.38. The van der Waals surface area contributed by atoms with Crippen molar-refractivity contribution in [3.8, 4) is 0 Å². The van der Waals surface area contributed by atoms with Gasteiger partial charge in [-0.05, 0) is 40.5 Å². The Labute approximate surface area is 139 Å². The molecule has 0 bridgehead atoms. The summed E-state index contributed by atoms with van der Waals surface area (Å²) >= 11 is 3.46. The smallest absolute Gasteiger partial charge is 0.255 e. The lowest BCUT2D eigenvalue weighted by atomic mass is 10.0. The third-order valence-corrected chi connectivity index (χ3v) is 4.66. The number of morpholine rings is 1. The molecular formula is C18H18BrNO2. The van der Waals surface area contributed by atoms with Gasteiger partial charge in [-0.3, -0.25) is 4.79 Å². The minimum atomic E-state index is -0.0659. The molecule has 3 nitrogen and oxygen atoms in total. The Kier molecular flexibility index (Phi) is 4.60. The van der Waals surface area contributed by atoms with Crippen molar-refractivity contribution in [2.45, 2.75) is 19.1 Å². The fourth-order valence-electron chi connectivity index (χ4n) is 2.70. The fraction of sp³-hybridized carbons (Fsp3) is 0.278. The van der Waals surface area contributed by atoms with Crippen molar-refractivity contribution >= 4 is 21.8 Å². The van der Waals surface area contributed by atoms with Gasteiger partial charge in [-0.15, -0.1) is 0 Å². The SMILES string of the molecule is CC1COC(c2ccccc2)CN1C(=O)c1ccccc1Br. The van der Waals surface area contributed by atoms with Crippen molar-refractivity contribution in [1.82, 2.24) is 4.90 Å². The third-order valence-electron chi connectivity index (χ3n) is 3.97. The van der Waals surface area contributed by atoms with Gasteiger partial charge in [0.05, 0.1) is 24.8 Å². The Bertz CT molecular complexity index is 659. The summed E-state index contributed by atoms with van der Waals surface area (Å²) in [6.07, 6.45) is -0.0659. The zero-order valence-corrected chi connectivity index (χ0v) is 14.0. The highest BCUT2D eigenvalue weighted by molar-refractivity contribution is 9.10. The van der Waals surface area contributed by atoms with Gasteiger partial charge in [0.1, 0.15) is 6.10 Å². The first kappa shape index (κ1) is 15.3. The molecule has 0 aliphatic carbocycles. The molecule has 2 aromatic carbocycles. The first-order valence-corrected chi connectivity index (χ1v) is 8.18. The summed E-state index contributed by atoms with van der Waals surface area (Å²) in [6.45, 7) is 3.15. The number of ether oxygens (including phenoxy) is 1. The van der Waals surface area contributed by atoms with Gasteiger partial charge in [-0.25, -0.2) is 0 Å². The van der Waals surface area contributed by atoms with Crippen molar-refractivity contribution in [3.05, 3.63) is 70.2 Å². The molecule has 0 saturated carbocycles. The number of hydrogen-bond acceptors (Lipinski definition) is 2. The van der Waals surface area contributed by atoms with E-state index in [0.717, 1.165) is 10.0 Å². The van der Waals surface area contributed by atoms with Gasteiger partial charge in [0.15, 0.2) is 0 Å². The molecule has 0 aromatic heterocycles. The lowest BCUT2D eigenvalue weighted by Crippen LogP contribution is -2.48. The molecule has 1 saturated heterocycles. The van der Waals surface area contributed by atoms with E-state index in [0.29, 0.717) is 18.7 Å². The normalized spacial score (nSPS) is 21.6. The summed E-state index contributed by atoms with van der Waals surface area (Å²) < 4.78 is 6.75. The maximum absolute atomic E-state index is 12.8. The number of carbonyl (C=O) groups is 1. The van der Waals surface area contributed by atoms with E-state index in [4.69, 9.17) is 4.74 Å². The molecular weight excluding hydrogens is 342 g/mol. The first-order chi connectivity index (χ1) is 10.7. The van der Waals surface area contributed by atoms with E-state index < -0.39 is 0 Å². The van der Waals surface area contributed by atoms with Crippen molar-refractivity contribution in [3.63, 3.8) is 0 Å². The molecule has 22 heavy (non-hydrogen) atoms. The predicted octanol–water partition coefficient (Wildman–Crippen LogP) is 4.05. The average molecular weight is 360 g/mol. The number of halogens is 1. The molecule has 3 rings (SSSR count). The molecule has 0 spiro atoms. The van der Waals surface area contributed by atoms with E-state index in [2.05, 4.69) is 15.9 Å². The van der Waals surface area contributed by atoms with Gasteiger partial charge in [0.25, 0.3) is 5.91 Å². The third kappa shape index (κ3) is 3.08. The van der Waals surface area contributed by atoms with Gasteiger partial charge in [0, 0.05) is 4.47 Å². The quantitative estimate of drug-likeness (QED) is 0.809. The summed E-state index contributed by atoms with van der Waals surface area (Å²) in [5.41, 5.74) is 1.81. The Morgan fingerprint density at radius 2 is 1.82 bits per heavy atom. The Morgan fingerprint density at radius 1 is 1.14 bits per heavy atom. The van der Waals surface area contributed by atoms with Gasteiger partial charge in [0.2, 0.25) is 0 Å². The van der Waals surface area contributed by atoms with Gasteiger partial charge >= 0.3 is 0 Å². The molecule has 4 heteroatoms. The Morgan fingerprint density at radius 3 is 2.55 bits per heavy atom. The number of benzene rings is 2. The van der Waals surface area contributed by atoms with Gasteiger partial charge in [-0.2, -0.15) is 0 Å². The first-order valence-electron chi connectivity index (χ1n) is 7.39. The molecule has 114 valence electrons. The minimum absolute atomic E-state index is 0.0456. The largest absolute Gasteiger partial charge is 0.370 e. The van der Waals surface area contributed by atoms with E-state index in [-0.39, 0.29) is 18.1 Å². The second-order valence-corrected chi connectivity index (χ2v) is 6.37. The van der Waals surface area contributed by atoms with Crippen LogP contribution in [0, 0.1) is 0 Å². The molecule has 1 heterocycles. The van der Waals surface area contributed by atoms with Crippen molar-refractivity contribution in [2.75, 3.05) is 13.2 Å². The lowest BCUT2D eigenvalue weighted by molar-refractivity contribution is -0.0487. The molecule has 2 atom stereocenters. The monoisotopic (exact) mass is 359 g/mol. The second-order valence-electron chi connectivity index (χ2n) is 5.52. The summed E-state index contributed by atoms with van der Waals surface area (Å²) in [5.74, 6) is 0.0456. The van der Waals surface area contributed by atoms with Crippen molar-refractivity contribution in [1.29, 1.82) is 0 Å². The van der Waals surface area contributed by atoms with E-state index in [1.165, 1.54) is 0 Å². The maximum Gasteiger partial charge on any atom is 0.255 e. The summed E-state index contributed by atoms with van der Waals surface area (Å²) in [7, 11) is 0. The van der Waals surface area contributed by atoms with Crippen LogP contribution in [-0.4, -0.2) is 30.0 Å². The number of rotatable bonds is 2. The van der Waals surface area contributed by atoms with E-state index in [1.54, 1.807) is 0 Å². The van der Waals surface area contributed by atoms with Gasteiger partial charge < -0.3 is 9.64 Å². The van der Waals surface area contributed by atoms with Gasteiger partial charge in [-0.1, -0.05) is 42.5 Å². The van der Waals surface area contributed by atoms with Crippen LogP contribution in [0.15, 0.2) is 59.1 Å². The standard InChI is InChI=1S/C18H18BrNO2/c1-13-12-22-17(14-7-3-2-4-8-14)11-20(13)18(21)15-9-5-6-10-16(15)19/h2-10,13,17H,11-12H2,1H3. The maximum atomic E-state index is 12.8. The van der Waals surface area contributed by atoms with Crippen LogP contribution < -0.4 is 0 Å². The molecule has 1 aliphatic heterocycles. The Balaban J connectivity index is 1.83. The second kappa shape index (κ2) is 6.63. The highest BCUT2D eigenvalue weighted by atomic mass is 79.9. The minimum Gasteiger partial charge on any atom is -0.370 e. The van der Waals surface area contributed by atoms with E-state index >= 15 is 0 Å². The van der Waals surface area contributed by atoms with Crippen LogP contribution in [-0.2, 0) is 4.74 Å². The fourth-order valence-corrected chi connectivity index (χ4v) is 3.15. The highest BCUT2D eigenvalue weighted by Gasteiger charge is 2.31. The molecule has 1 amide bonds. The van der Waals surface area contributed by atoms with Crippen molar-refractivity contribution in [2.24, 2.45) is 0 Å². The molecule has 2 unspecified atom stereocenters. The average Bonchev–Trinajstić information content (AvgIpc) is 2.56. The zero-order valence-electron chi connectivity index (χ0n) is 12.4. The molecule has 1 fully saturated rings. The summed E-state index contributed by atoms with van der Waals surface area (Å²) in [5, 5.41) is 0. The highest BCUT2D eigenvalue weighted by Crippen LogP contribution is 2.27. The summed E-state index contributed by atoms with van der Waals surface area (Å²) in [4.78, 5) is 14.8. The van der Waals surface area contributed by atoms with Crippen LogP contribution in [0.3, 0.4) is 0 Å². The van der Waals surface area contributed by atoms with Crippen molar-refractivity contribution < 1.29 is 9.53 Å². The van der Waals surface area contributed by atoms with Crippen LogP contribution in [0.25, 0.3) is 0 Å². The van der Waals surface area contributed by atoms with Crippen LogP contribution >= 0.6 is 15.9 Å². The van der Waals surface area contributed by atoms with E-state index in [9.17, 15) is 4.79 Å². The van der Waals surface area contributed by atoms with Crippen LogP contribution in [0.1, 0.15) is 28.9 Å². The number of carbonyl (C=O) groups excluding carboxylic acids is 1. The Hall–Kier alpha value is -1.65. The molecule has 0 N–H and O–H groups in total. The zero-order chi connectivity index (χ0) is 15.5. The number of hydrogen-bond donors (Lipinski definition) is 0. The topological polar surface area (TPSA) is 29.5 Å². The molecule has 0 radical (unpaired) electrons. The number of amides is 1. The molecule has 1 aliphatic rings. The predicted molar refractivity (Wildman–Crippen MR) is 89.8 cm³/mol.